The summed E-state index contributed by atoms with van der Waals surface area (Å²) >= 11 is 0. The van der Waals surface area contributed by atoms with Gasteiger partial charge in [0.1, 0.15) is 6.29 Å². The Balaban J connectivity index is 3.47. The maximum absolute atomic E-state index is 10.3. The van der Waals surface area contributed by atoms with Crippen LogP contribution in [0.2, 0.25) is 6.04 Å². The number of hydrogen-bond acceptors (Lipinski definition) is 4. The van der Waals surface area contributed by atoms with E-state index in [0.29, 0.717) is 13.0 Å². The molecule has 0 rings (SSSR count). The van der Waals surface area contributed by atoms with Crippen molar-refractivity contribution in [3.8, 4) is 0 Å². The fourth-order valence-corrected chi connectivity index (χ4v) is 7.24. The normalized spacial score (nSPS) is 12.8. The molecule has 0 saturated heterocycles. The number of aliphatic hydroxyl groups is 2. The molecule has 0 aliphatic carbocycles. The second-order valence-corrected chi connectivity index (χ2v) is 14.7. The zero-order valence-corrected chi connectivity index (χ0v) is 30.5. The molecule has 5 heteroatoms. The van der Waals surface area contributed by atoms with Gasteiger partial charge in [0.15, 0.2) is 9.76 Å². The summed E-state index contributed by atoms with van der Waals surface area (Å²) in [5.41, 5.74) is 0. The third-order valence-corrected chi connectivity index (χ3v) is 10.4. The highest BCUT2D eigenvalue weighted by molar-refractivity contribution is 6.27. The lowest BCUT2D eigenvalue weighted by Crippen LogP contribution is -2.32. The maximum atomic E-state index is 10.3. The quantitative estimate of drug-likeness (QED) is 0.0416. The van der Waals surface area contributed by atoms with Crippen molar-refractivity contribution in [3.63, 3.8) is 0 Å². The number of unbranched alkanes of at least 4 members (excludes halogenated alkanes) is 26. The molecule has 0 saturated carbocycles. The molecule has 0 aliphatic rings. The van der Waals surface area contributed by atoms with Crippen molar-refractivity contribution in [2.75, 3.05) is 26.2 Å². The Kier molecular flexibility index (Phi) is 37.3. The van der Waals surface area contributed by atoms with Crippen molar-refractivity contribution in [3.05, 3.63) is 0 Å². The van der Waals surface area contributed by atoms with Gasteiger partial charge in [0.25, 0.3) is 0 Å². The molecule has 0 aromatic rings. The second-order valence-electron chi connectivity index (χ2n) is 13.2. The third-order valence-electron chi connectivity index (χ3n) is 8.99. The Labute approximate surface area is 267 Å². The van der Waals surface area contributed by atoms with Crippen LogP contribution >= 0.6 is 0 Å². The maximum Gasteiger partial charge on any atom is 0.165 e. The van der Waals surface area contributed by atoms with E-state index in [1.807, 2.05) is 0 Å². The molecule has 0 fully saturated rings. The Bertz CT molecular complexity index is 482. The smallest absolute Gasteiger partial charge is 0.165 e. The van der Waals surface area contributed by atoms with E-state index in [-0.39, 0.29) is 6.61 Å². The van der Waals surface area contributed by atoms with E-state index >= 15 is 0 Å². The highest BCUT2D eigenvalue weighted by Gasteiger charge is 2.09. The zero-order valence-electron chi connectivity index (χ0n) is 29.1. The standard InChI is InChI=1S/C37H79NO3Si/c1-3-5-7-9-11-13-15-17-19-21-23-25-27-29-32-38(34-35-39)33-31-37(40)41-42-36-30-28-26-24-22-20-18-16-14-12-10-8-6-4-2/h37,39-40H,3-36,42H2,1-2H3. The minimum atomic E-state index is -0.612. The molecule has 0 bridgehead atoms. The van der Waals surface area contributed by atoms with Gasteiger partial charge in [-0.2, -0.15) is 0 Å². The monoisotopic (exact) mass is 614 g/mol. The van der Waals surface area contributed by atoms with Crippen LogP contribution in [-0.2, 0) is 4.43 Å². The van der Waals surface area contributed by atoms with Gasteiger partial charge >= 0.3 is 0 Å². The number of rotatable bonds is 37. The molecule has 254 valence electrons. The number of hydrogen-bond donors (Lipinski definition) is 2. The predicted octanol–water partition coefficient (Wildman–Crippen LogP) is 10.5. The first-order valence-electron chi connectivity index (χ1n) is 19.4. The lowest BCUT2D eigenvalue weighted by atomic mass is 10.0. The topological polar surface area (TPSA) is 52.9 Å². The minimum Gasteiger partial charge on any atom is -0.400 e. The van der Waals surface area contributed by atoms with Crippen LogP contribution in [0.25, 0.3) is 0 Å². The van der Waals surface area contributed by atoms with Gasteiger partial charge < -0.3 is 19.5 Å². The summed E-state index contributed by atoms with van der Waals surface area (Å²) in [6.07, 6.45) is 39.0. The summed E-state index contributed by atoms with van der Waals surface area (Å²) in [5, 5.41) is 19.7. The van der Waals surface area contributed by atoms with E-state index in [1.54, 1.807) is 0 Å². The van der Waals surface area contributed by atoms with Gasteiger partial charge in [0.2, 0.25) is 0 Å². The molecule has 4 nitrogen and oxygen atoms in total. The summed E-state index contributed by atoms with van der Waals surface area (Å²) in [6, 6.07) is 1.19. The fourth-order valence-electron chi connectivity index (χ4n) is 6.08. The fraction of sp³-hybridized carbons (Fsp3) is 1.00. The van der Waals surface area contributed by atoms with Crippen molar-refractivity contribution >= 4 is 9.76 Å². The average molecular weight is 614 g/mol. The van der Waals surface area contributed by atoms with Gasteiger partial charge in [-0.3, -0.25) is 0 Å². The van der Waals surface area contributed by atoms with Gasteiger partial charge in [0.05, 0.1) is 6.61 Å². The lowest BCUT2D eigenvalue weighted by Gasteiger charge is -2.23. The Hall–Kier alpha value is 0.0569. The van der Waals surface area contributed by atoms with Crippen LogP contribution in [0.3, 0.4) is 0 Å². The van der Waals surface area contributed by atoms with E-state index in [0.717, 1.165) is 13.1 Å². The van der Waals surface area contributed by atoms with Crippen molar-refractivity contribution in [2.24, 2.45) is 0 Å². The third kappa shape index (κ3) is 34.5. The molecule has 0 spiro atoms. The van der Waals surface area contributed by atoms with Crippen molar-refractivity contribution < 1.29 is 14.6 Å². The van der Waals surface area contributed by atoms with Gasteiger partial charge in [-0.1, -0.05) is 187 Å². The molecule has 0 radical (unpaired) electrons. The Morgan fingerprint density at radius 3 is 1.21 bits per heavy atom. The van der Waals surface area contributed by atoms with Crippen LogP contribution in [0.5, 0.6) is 0 Å². The predicted molar refractivity (Wildman–Crippen MR) is 189 cm³/mol. The lowest BCUT2D eigenvalue weighted by molar-refractivity contribution is -0.0284. The minimum absolute atomic E-state index is 0.198. The van der Waals surface area contributed by atoms with E-state index in [4.69, 9.17) is 4.43 Å². The average Bonchev–Trinajstić information content (AvgIpc) is 2.99. The Morgan fingerprint density at radius 1 is 0.476 bits per heavy atom. The van der Waals surface area contributed by atoms with Crippen LogP contribution in [0.15, 0.2) is 0 Å². The van der Waals surface area contributed by atoms with E-state index in [2.05, 4.69) is 18.7 Å². The van der Waals surface area contributed by atoms with E-state index in [9.17, 15) is 10.2 Å². The van der Waals surface area contributed by atoms with Crippen LogP contribution < -0.4 is 0 Å². The number of aliphatic hydroxyl groups excluding tert-OH is 2. The van der Waals surface area contributed by atoms with E-state index < -0.39 is 16.1 Å². The van der Waals surface area contributed by atoms with Crippen LogP contribution in [0.1, 0.15) is 200 Å². The molecule has 1 unspecified atom stereocenters. The molecule has 0 heterocycles. The molecule has 2 N–H and O–H groups in total. The van der Waals surface area contributed by atoms with Crippen LogP contribution in [0.4, 0.5) is 0 Å². The van der Waals surface area contributed by atoms with Crippen molar-refractivity contribution in [1.29, 1.82) is 0 Å². The zero-order chi connectivity index (χ0) is 30.6. The van der Waals surface area contributed by atoms with Gasteiger partial charge in [-0.05, 0) is 19.0 Å². The van der Waals surface area contributed by atoms with Gasteiger partial charge in [-0.25, -0.2) is 0 Å². The van der Waals surface area contributed by atoms with Crippen molar-refractivity contribution in [2.45, 2.75) is 212 Å². The second kappa shape index (κ2) is 37.2. The largest absolute Gasteiger partial charge is 0.400 e. The van der Waals surface area contributed by atoms with Crippen molar-refractivity contribution in [1.82, 2.24) is 4.90 Å². The van der Waals surface area contributed by atoms with Crippen LogP contribution in [0, 0.1) is 0 Å². The number of nitrogens with zero attached hydrogens (tertiary/aromatic N) is 1. The Morgan fingerprint density at radius 2 is 0.833 bits per heavy atom. The molecule has 42 heavy (non-hydrogen) atoms. The van der Waals surface area contributed by atoms with Crippen LogP contribution in [-0.4, -0.2) is 57.4 Å². The molecular formula is C37H79NO3Si. The van der Waals surface area contributed by atoms with Gasteiger partial charge in [0, 0.05) is 19.5 Å². The summed E-state index contributed by atoms with van der Waals surface area (Å²) in [4.78, 5) is 2.31. The van der Waals surface area contributed by atoms with Gasteiger partial charge in [-0.15, -0.1) is 0 Å². The highest BCUT2D eigenvalue weighted by Crippen LogP contribution is 2.15. The molecule has 0 aromatic carbocycles. The molecule has 0 aromatic heterocycles. The first-order chi connectivity index (χ1) is 20.7. The first-order valence-corrected chi connectivity index (χ1v) is 20.9. The molecular weight excluding hydrogens is 534 g/mol. The summed E-state index contributed by atoms with van der Waals surface area (Å²) in [6.45, 7) is 7.34. The first kappa shape index (κ1) is 42.1. The summed E-state index contributed by atoms with van der Waals surface area (Å²) in [7, 11) is -0.612. The molecule has 1 atom stereocenters. The van der Waals surface area contributed by atoms with E-state index in [1.165, 1.54) is 186 Å². The highest BCUT2D eigenvalue weighted by atomic mass is 28.2. The molecule has 0 amide bonds. The summed E-state index contributed by atoms with van der Waals surface area (Å²) in [5.74, 6) is 0. The SMILES string of the molecule is CCCCCCCCCCCCCCCC[SiH2]OC(O)CCN(CCO)CCCCCCCCCCCCCCCC. The summed E-state index contributed by atoms with van der Waals surface area (Å²) < 4.78 is 5.82. The molecule has 0 aliphatic heterocycles.